The SMILES string of the molecule is C[C@H](N1CCN(c2ncncc2Br)CC1)C(F)(F)F. The van der Waals surface area contributed by atoms with E-state index in [4.69, 9.17) is 0 Å². The molecule has 2 heterocycles. The van der Waals surface area contributed by atoms with Crippen molar-refractivity contribution < 1.29 is 13.2 Å². The van der Waals surface area contributed by atoms with E-state index in [0.29, 0.717) is 26.2 Å². The summed E-state index contributed by atoms with van der Waals surface area (Å²) in [5, 5.41) is 0. The quantitative estimate of drug-likeness (QED) is 0.828. The van der Waals surface area contributed by atoms with Gasteiger partial charge in [0.2, 0.25) is 0 Å². The molecule has 1 aromatic rings. The molecule has 0 unspecified atom stereocenters. The summed E-state index contributed by atoms with van der Waals surface area (Å²) in [5.74, 6) is 0.731. The van der Waals surface area contributed by atoms with Crippen LogP contribution in [0, 0.1) is 0 Å². The van der Waals surface area contributed by atoms with Crippen LogP contribution in [0.25, 0.3) is 0 Å². The monoisotopic (exact) mass is 338 g/mol. The summed E-state index contributed by atoms with van der Waals surface area (Å²) in [6.45, 7) is 3.00. The van der Waals surface area contributed by atoms with Gasteiger partial charge in [0.05, 0.1) is 4.47 Å². The molecule has 0 N–H and O–H groups in total. The number of piperazine rings is 1. The largest absolute Gasteiger partial charge is 0.403 e. The lowest BCUT2D eigenvalue weighted by Crippen LogP contribution is -2.53. The third-order valence-electron chi connectivity index (χ3n) is 3.28. The van der Waals surface area contributed by atoms with E-state index in [2.05, 4.69) is 25.9 Å². The van der Waals surface area contributed by atoms with Crippen molar-refractivity contribution in [2.24, 2.45) is 0 Å². The van der Waals surface area contributed by atoms with Crippen LogP contribution in [0.1, 0.15) is 6.92 Å². The Morgan fingerprint density at radius 1 is 1.26 bits per heavy atom. The number of hydrogen-bond donors (Lipinski definition) is 0. The maximum Gasteiger partial charge on any atom is 0.403 e. The number of halogens is 4. The maximum atomic E-state index is 12.6. The zero-order chi connectivity index (χ0) is 14.0. The predicted molar refractivity (Wildman–Crippen MR) is 69.0 cm³/mol. The highest BCUT2D eigenvalue weighted by atomic mass is 79.9. The normalized spacial score (nSPS) is 19.5. The molecule has 1 atom stereocenters. The fourth-order valence-electron chi connectivity index (χ4n) is 2.07. The highest BCUT2D eigenvalue weighted by Crippen LogP contribution is 2.27. The van der Waals surface area contributed by atoms with Crippen molar-refractivity contribution in [1.29, 1.82) is 0 Å². The lowest BCUT2D eigenvalue weighted by Gasteiger charge is -2.39. The minimum atomic E-state index is -4.17. The van der Waals surface area contributed by atoms with Gasteiger partial charge < -0.3 is 4.90 Å². The van der Waals surface area contributed by atoms with Crippen molar-refractivity contribution in [3.05, 3.63) is 17.0 Å². The highest BCUT2D eigenvalue weighted by Gasteiger charge is 2.40. The molecule has 19 heavy (non-hydrogen) atoms. The molecule has 1 saturated heterocycles. The van der Waals surface area contributed by atoms with E-state index in [1.54, 1.807) is 6.20 Å². The number of aromatic nitrogens is 2. The fraction of sp³-hybridized carbons (Fsp3) is 0.636. The third-order valence-corrected chi connectivity index (χ3v) is 3.84. The second-order valence-corrected chi connectivity index (χ2v) is 5.29. The van der Waals surface area contributed by atoms with Crippen LogP contribution in [0.5, 0.6) is 0 Å². The molecule has 106 valence electrons. The maximum absolute atomic E-state index is 12.6. The van der Waals surface area contributed by atoms with Crippen LogP contribution >= 0.6 is 15.9 Å². The van der Waals surface area contributed by atoms with Crippen LogP contribution in [0.2, 0.25) is 0 Å². The predicted octanol–water partition coefficient (Wildman–Crippen LogP) is 2.31. The molecule has 0 radical (unpaired) electrons. The minimum Gasteiger partial charge on any atom is -0.353 e. The molecule has 0 bridgehead atoms. The van der Waals surface area contributed by atoms with Crippen molar-refractivity contribution in [1.82, 2.24) is 14.9 Å². The Bertz CT molecular complexity index is 432. The molecule has 0 amide bonds. The number of anilines is 1. The summed E-state index contributed by atoms with van der Waals surface area (Å²) in [4.78, 5) is 11.4. The van der Waals surface area contributed by atoms with Crippen LogP contribution in [0.3, 0.4) is 0 Å². The Kier molecular flexibility index (Phi) is 4.29. The highest BCUT2D eigenvalue weighted by molar-refractivity contribution is 9.10. The van der Waals surface area contributed by atoms with Crippen molar-refractivity contribution in [3.8, 4) is 0 Å². The molecule has 1 aromatic heterocycles. The van der Waals surface area contributed by atoms with Crippen molar-refractivity contribution in [2.45, 2.75) is 19.1 Å². The Balaban J connectivity index is 1.98. The Morgan fingerprint density at radius 2 is 1.89 bits per heavy atom. The molecular weight excluding hydrogens is 325 g/mol. The smallest absolute Gasteiger partial charge is 0.353 e. The number of rotatable bonds is 2. The van der Waals surface area contributed by atoms with E-state index in [-0.39, 0.29) is 0 Å². The van der Waals surface area contributed by atoms with Gasteiger partial charge in [-0.2, -0.15) is 13.2 Å². The molecule has 0 saturated carbocycles. The van der Waals surface area contributed by atoms with Gasteiger partial charge in [-0.25, -0.2) is 9.97 Å². The molecule has 0 spiro atoms. The summed E-state index contributed by atoms with van der Waals surface area (Å²) in [6, 6.07) is -1.40. The van der Waals surface area contributed by atoms with E-state index in [1.807, 2.05) is 4.90 Å². The van der Waals surface area contributed by atoms with E-state index in [1.165, 1.54) is 18.2 Å². The first-order valence-corrected chi connectivity index (χ1v) is 6.70. The lowest BCUT2D eigenvalue weighted by molar-refractivity contribution is -0.179. The molecule has 1 aliphatic rings. The van der Waals surface area contributed by atoms with Gasteiger partial charge in [-0.15, -0.1) is 0 Å². The molecule has 0 aliphatic carbocycles. The fourth-order valence-corrected chi connectivity index (χ4v) is 2.54. The van der Waals surface area contributed by atoms with E-state index < -0.39 is 12.2 Å². The van der Waals surface area contributed by atoms with E-state index in [0.717, 1.165) is 10.3 Å². The van der Waals surface area contributed by atoms with Crippen molar-refractivity contribution >= 4 is 21.7 Å². The van der Waals surface area contributed by atoms with Crippen LogP contribution < -0.4 is 4.90 Å². The molecule has 8 heteroatoms. The van der Waals surface area contributed by atoms with Crippen LogP contribution in [-0.2, 0) is 0 Å². The van der Waals surface area contributed by atoms with Crippen molar-refractivity contribution in [3.63, 3.8) is 0 Å². The number of alkyl halides is 3. The van der Waals surface area contributed by atoms with Gasteiger partial charge in [0, 0.05) is 32.4 Å². The minimum absolute atomic E-state index is 0.372. The van der Waals surface area contributed by atoms with Gasteiger partial charge in [0.1, 0.15) is 18.2 Å². The number of hydrogen-bond acceptors (Lipinski definition) is 4. The second-order valence-electron chi connectivity index (χ2n) is 4.43. The Morgan fingerprint density at radius 3 is 2.42 bits per heavy atom. The third kappa shape index (κ3) is 3.36. The van der Waals surface area contributed by atoms with Crippen molar-refractivity contribution in [2.75, 3.05) is 31.1 Å². The van der Waals surface area contributed by atoms with Gasteiger partial charge >= 0.3 is 6.18 Å². The lowest BCUT2D eigenvalue weighted by atomic mass is 10.2. The average molecular weight is 339 g/mol. The molecule has 0 aromatic carbocycles. The van der Waals surface area contributed by atoms with Crippen LogP contribution in [0.15, 0.2) is 17.0 Å². The van der Waals surface area contributed by atoms with Gasteiger partial charge in [-0.1, -0.05) is 0 Å². The first kappa shape index (κ1) is 14.5. The summed E-state index contributed by atoms with van der Waals surface area (Å²) >= 11 is 3.35. The second kappa shape index (κ2) is 5.62. The van der Waals surface area contributed by atoms with Gasteiger partial charge in [0.25, 0.3) is 0 Å². The first-order valence-electron chi connectivity index (χ1n) is 5.91. The van der Waals surface area contributed by atoms with Gasteiger partial charge in [-0.05, 0) is 22.9 Å². The van der Waals surface area contributed by atoms with Gasteiger partial charge in [-0.3, -0.25) is 4.90 Å². The molecule has 4 nitrogen and oxygen atoms in total. The van der Waals surface area contributed by atoms with Crippen LogP contribution in [-0.4, -0.2) is 53.3 Å². The van der Waals surface area contributed by atoms with Crippen LogP contribution in [0.4, 0.5) is 19.0 Å². The van der Waals surface area contributed by atoms with E-state index in [9.17, 15) is 13.2 Å². The molecule has 1 aliphatic heterocycles. The zero-order valence-corrected chi connectivity index (χ0v) is 11.9. The number of nitrogens with zero attached hydrogens (tertiary/aromatic N) is 4. The summed E-state index contributed by atoms with van der Waals surface area (Å²) in [6.07, 6.45) is -1.10. The topological polar surface area (TPSA) is 32.3 Å². The molecule has 1 fully saturated rings. The Hall–Kier alpha value is -0.890. The summed E-state index contributed by atoms with van der Waals surface area (Å²) in [5.41, 5.74) is 0. The molecule has 2 rings (SSSR count). The summed E-state index contributed by atoms with van der Waals surface area (Å²) in [7, 11) is 0. The van der Waals surface area contributed by atoms with Gasteiger partial charge in [0.15, 0.2) is 0 Å². The standard InChI is InChI=1S/C11H14BrF3N4/c1-8(11(13,14)15)18-2-4-19(5-3-18)10-9(12)6-16-7-17-10/h6-8H,2-5H2,1H3/t8-/m0/s1. The molecular formula is C11H14BrF3N4. The zero-order valence-electron chi connectivity index (χ0n) is 10.4. The van der Waals surface area contributed by atoms with E-state index >= 15 is 0 Å². The summed E-state index contributed by atoms with van der Waals surface area (Å²) < 4.78 is 38.7. The average Bonchev–Trinajstić information content (AvgIpc) is 2.38. The Labute approximate surface area is 117 Å². The first-order chi connectivity index (χ1) is 8.89.